The van der Waals surface area contributed by atoms with Crippen molar-refractivity contribution in [3.05, 3.63) is 64.8 Å². The predicted octanol–water partition coefficient (Wildman–Crippen LogP) is 2.82. The lowest BCUT2D eigenvalue weighted by atomic mass is 10.2. The van der Waals surface area contributed by atoms with Gasteiger partial charge in [-0.05, 0) is 29.8 Å². The molecule has 1 amide bonds. The molecule has 0 bridgehead atoms. The standard InChI is InChI=1S/C18H17FN4O2S/c19-14-5-3-13(4-6-14)12-16-20-21-18(26-16)23-9-7-22(8-10-23)17(24)15-2-1-11-25-15/h1-6,11H,7-10,12H2. The molecule has 0 aliphatic carbocycles. The third kappa shape index (κ3) is 3.60. The first-order valence-electron chi connectivity index (χ1n) is 8.33. The molecule has 1 aliphatic heterocycles. The van der Waals surface area contributed by atoms with Crippen LogP contribution in [-0.4, -0.2) is 47.2 Å². The Bertz CT molecular complexity index is 871. The van der Waals surface area contributed by atoms with Gasteiger partial charge in [-0.25, -0.2) is 4.39 Å². The lowest BCUT2D eigenvalue weighted by molar-refractivity contribution is 0.0714. The van der Waals surface area contributed by atoms with Gasteiger partial charge in [0.15, 0.2) is 5.76 Å². The average Bonchev–Trinajstić information content (AvgIpc) is 3.35. The van der Waals surface area contributed by atoms with Crippen LogP contribution >= 0.6 is 11.3 Å². The number of carbonyl (C=O) groups excluding carboxylic acids is 1. The van der Waals surface area contributed by atoms with Crippen LogP contribution in [0.15, 0.2) is 47.1 Å². The molecule has 1 aromatic carbocycles. The summed E-state index contributed by atoms with van der Waals surface area (Å²) < 4.78 is 18.2. The van der Waals surface area contributed by atoms with E-state index in [-0.39, 0.29) is 11.7 Å². The average molecular weight is 372 g/mol. The van der Waals surface area contributed by atoms with Gasteiger partial charge in [0, 0.05) is 32.6 Å². The van der Waals surface area contributed by atoms with E-state index >= 15 is 0 Å². The summed E-state index contributed by atoms with van der Waals surface area (Å²) in [6, 6.07) is 9.82. The fraction of sp³-hybridized carbons (Fsp3) is 0.278. The highest BCUT2D eigenvalue weighted by Gasteiger charge is 2.25. The molecule has 1 aliphatic rings. The molecule has 0 radical (unpaired) electrons. The molecule has 0 spiro atoms. The van der Waals surface area contributed by atoms with Gasteiger partial charge in [0.05, 0.1) is 6.26 Å². The van der Waals surface area contributed by atoms with Crippen LogP contribution in [0, 0.1) is 5.82 Å². The quantitative estimate of drug-likeness (QED) is 0.705. The molecular weight excluding hydrogens is 355 g/mol. The molecule has 0 saturated carbocycles. The predicted molar refractivity (Wildman–Crippen MR) is 95.9 cm³/mol. The number of anilines is 1. The van der Waals surface area contributed by atoms with Crippen LogP contribution in [0.3, 0.4) is 0 Å². The van der Waals surface area contributed by atoms with Crippen molar-refractivity contribution in [1.29, 1.82) is 0 Å². The molecule has 0 unspecified atom stereocenters. The van der Waals surface area contributed by atoms with Crippen LogP contribution in [0.5, 0.6) is 0 Å². The Balaban J connectivity index is 1.35. The maximum absolute atomic E-state index is 13.0. The molecule has 8 heteroatoms. The highest BCUT2D eigenvalue weighted by Crippen LogP contribution is 2.24. The first-order valence-corrected chi connectivity index (χ1v) is 9.15. The zero-order valence-corrected chi connectivity index (χ0v) is 14.8. The number of nitrogens with zero attached hydrogens (tertiary/aromatic N) is 4. The van der Waals surface area contributed by atoms with Crippen LogP contribution in [0.1, 0.15) is 21.1 Å². The van der Waals surface area contributed by atoms with Crippen molar-refractivity contribution < 1.29 is 13.6 Å². The summed E-state index contributed by atoms with van der Waals surface area (Å²) in [6.07, 6.45) is 2.14. The molecule has 0 N–H and O–H groups in total. The number of furan rings is 1. The molecule has 3 heterocycles. The van der Waals surface area contributed by atoms with Crippen molar-refractivity contribution in [3.8, 4) is 0 Å². The van der Waals surface area contributed by atoms with E-state index < -0.39 is 0 Å². The third-order valence-electron chi connectivity index (χ3n) is 4.29. The van der Waals surface area contributed by atoms with Crippen molar-refractivity contribution in [2.24, 2.45) is 0 Å². The Kier molecular flexibility index (Phi) is 4.66. The SMILES string of the molecule is O=C(c1ccco1)N1CCN(c2nnc(Cc3ccc(F)cc3)s2)CC1. The van der Waals surface area contributed by atoms with E-state index in [1.54, 1.807) is 29.2 Å². The highest BCUT2D eigenvalue weighted by molar-refractivity contribution is 7.15. The van der Waals surface area contributed by atoms with Gasteiger partial charge in [0.25, 0.3) is 5.91 Å². The zero-order valence-electron chi connectivity index (χ0n) is 14.0. The van der Waals surface area contributed by atoms with Gasteiger partial charge in [-0.15, -0.1) is 10.2 Å². The number of amides is 1. The van der Waals surface area contributed by atoms with Crippen molar-refractivity contribution >= 4 is 22.4 Å². The molecule has 6 nitrogen and oxygen atoms in total. The topological polar surface area (TPSA) is 62.5 Å². The zero-order chi connectivity index (χ0) is 17.9. The lowest BCUT2D eigenvalue weighted by Crippen LogP contribution is -2.48. The Morgan fingerprint density at radius 2 is 1.88 bits per heavy atom. The number of carbonyl (C=O) groups is 1. The molecule has 1 fully saturated rings. The fourth-order valence-electron chi connectivity index (χ4n) is 2.88. The normalized spacial score (nSPS) is 14.7. The summed E-state index contributed by atoms with van der Waals surface area (Å²) in [7, 11) is 0. The highest BCUT2D eigenvalue weighted by atomic mass is 32.1. The van der Waals surface area contributed by atoms with Crippen LogP contribution < -0.4 is 4.90 Å². The van der Waals surface area contributed by atoms with E-state index in [1.807, 2.05) is 0 Å². The van der Waals surface area contributed by atoms with Crippen molar-refractivity contribution in [2.45, 2.75) is 6.42 Å². The van der Waals surface area contributed by atoms with Gasteiger partial charge >= 0.3 is 0 Å². The van der Waals surface area contributed by atoms with E-state index in [0.717, 1.165) is 15.7 Å². The van der Waals surface area contributed by atoms with Crippen LogP contribution in [0.4, 0.5) is 9.52 Å². The Morgan fingerprint density at radius 3 is 2.58 bits per heavy atom. The van der Waals surface area contributed by atoms with E-state index in [4.69, 9.17) is 4.42 Å². The first-order chi connectivity index (χ1) is 12.7. The summed E-state index contributed by atoms with van der Waals surface area (Å²) in [4.78, 5) is 16.2. The van der Waals surface area contributed by atoms with Gasteiger partial charge in [0.1, 0.15) is 10.8 Å². The van der Waals surface area contributed by atoms with Crippen molar-refractivity contribution in [3.63, 3.8) is 0 Å². The maximum atomic E-state index is 13.0. The summed E-state index contributed by atoms with van der Waals surface area (Å²) >= 11 is 1.53. The fourth-order valence-corrected chi connectivity index (χ4v) is 3.80. The molecule has 26 heavy (non-hydrogen) atoms. The van der Waals surface area contributed by atoms with Gasteiger partial charge in [0.2, 0.25) is 5.13 Å². The number of hydrogen-bond acceptors (Lipinski definition) is 6. The van der Waals surface area contributed by atoms with Gasteiger partial charge in [-0.1, -0.05) is 23.5 Å². The number of benzene rings is 1. The second-order valence-electron chi connectivity index (χ2n) is 6.04. The second kappa shape index (κ2) is 7.25. The lowest BCUT2D eigenvalue weighted by Gasteiger charge is -2.33. The Morgan fingerprint density at radius 1 is 1.12 bits per heavy atom. The summed E-state index contributed by atoms with van der Waals surface area (Å²) in [5.41, 5.74) is 1.00. The molecule has 134 valence electrons. The number of rotatable bonds is 4. The Labute approximate surface area is 153 Å². The third-order valence-corrected chi connectivity index (χ3v) is 5.28. The Hall–Kier alpha value is -2.74. The minimum absolute atomic E-state index is 0.0797. The molecule has 3 aromatic rings. The van der Waals surface area contributed by atoms with Crippen LogP contribution in [0.2, 0.25) is 0 Å². The second-order valence-corrected chi connectivity index (χ2v) is 7.08. The summed E-state index contributed by atoms with van der Waals surface area (Å²) in [5.74, 6) is 0.0496. The summed E-state index contributed by atoms with van der Waals surface area (Å²) in [5, 5.41) is 10.3. The van der Waals surface area contributed by atoms with Crippen LogP contribution in [-0.2, 0) is 6.42 Å². The van der Waals surface area contributed by atoms with Gasteiger partial charge in [-0.2, -0.15) is 0 Å². The number of halogens is 1. The molecule has 2 aromatic heterocycles. The van der Waals surface area contributed by atoms with Crippen molar-refractivity contribution in [2.75, 3.05) is 31.1 Å². The van der Waals surface area contributed by atoms with E-state index in [2.05, 4.69) is 15.1 Å². The molecule has 4 rings (SSSR count). The minimum Gasteiger partial charge on any atom is -0.459 e. The molecular formula is C18H17FN4O2S. The largest absolute Gasteiger partial charge is 0.459 e. The smallest absolute Gasteiger partial charge is 0.289 e. The summed E-state index contributed by atoms with van der Waals surface area (Å²) in [6.45, 7) is 2.65. The number of hydrogen-bond donors (Lipinski definition) is 0. The van der Waals surface area contributed by atoms with Crippen molar-refractivity contribution in [1.82, 2.24) is 15.1 Å². The first kappa shape index (κ1) is 16.7. The van der Waals surface area contributed by atoms with E-state index in [1.165, 1.54) is 29.7 Å². The minimum atomic E-state index is -0.242. The van der Waals surface area contributed by atoms with E-state index in [9.17, 15) is 9.18 Å². The van der Waals surface area contributed by atoms with Gasteiger partial charge < -0.3 is 14.2 Å². The molecule has 0 atom stereocenters. The maximum Gasteiger partial charge on any atom is 0.289 e. The van der Waals surface area contributed by atoms with Crippen LogP contribution in [0.25, 0.3) is 0 Å². The number of aromatic nitrogens is 2. The monoisotopic (exact) mass is 372 g/mol. The van der Waals surface area contributed by atoms with E-state index in [0.29, 0.717) is 38.4 Å². The number of piperazine rings is 1. The molecule has 1 saturated heterocycles. The van der Waals surface area contributed by atoms with Gasteiger partial charge in [-0.3, -0.25) is 4.79 Å².